The van der Waals surface area contributed by atoms with Gasteiger partial charge in [-0.05, 0) is 58.3 Å². The van der Waals surface area contributed by atoms with Crippen molar-refractivity contribution in [2.75, 3.05) is 63.2 Å². The monoisotopic (exact) mass is 570 g/mol. The lowest BCUT2D eigenvalue weighted by Gasteiger charge is -2.41. The maximum Gasteiger partial charge on any atom is 0.254 e. The van der Waals surface area contributed by atoms with E-state index in [0.29, 0.717) is 48.3 Å². The number of carbonyl (C=O) groups excluding carboxylic acids is 1. The van der Waals surface area contributed by atoms with Gasteiger partial charge in [-0.2, -0.15) is 5.10 Å². The number of aromatic nitrogens is 2. The number of aryl methyl sites for hydroxylation is 1. The van der Waals surface area contributed by atoms with Crippen molar-refractivity contribution in [2.24, 2.45) is 0 Å². The molecular formula is C29H33Cl2FN6O. The molecule has 0 N–H and O–H groups in total. The number of halogens is 3. The molecule has 0 radical (unpaired) electrons. The van der Waals surface area contributed by atoms with Crippen molar-refractivity contribution in [1.82, 2.24) is 19.6 Å². The lowest BCUT2D eigenvalue weighted by Crippen LogP contribution is -2.51. The first-order valence-corrected chi connectivity index (χ1v) is 13.8. The van der Waals surface area contributed by atoms with E-state index >= 15 is 0 Å². The van der Waals surface area contributed by atoms with Crippen LogP contribution in [-0.2, 0) is 4.79 Å². The number of amides is 1. The Morgan fingerprint density at radius 3 is 2.41 bits per heavy atom. The number of hydrogen-bond acceptors (Lipinski definition) is 5. The van der Waals surface area contributed by atoms with Crippen LogP contribution >= 0.6 is 23.2 Å². The summed E-state index contributed by atoms with van der Waals surface area (Å²) >= 11 is 13.2. The molecule has 0 saturated carbocycles. The lowest BCUT2D eigenvalue weighted by molar-refractivity contribution is -0.128. The van der Waals surface area contributed by atoms with Gasteiger partial charge in [-0.1, -0.05) is 35.3 Å². The van der Waals surface area contributed by atoms with Gasteiger partial charge in [0.05, 0.1) is 21.3 Å². The summed E-state index contributed by atoms with van der Waals surface area (Å²) in [6.45, 7) is 7.88. The van der Waals surface area contributed by atoms with E-state index in [1.165, 1.54) is 12.1 Å². The zero-order valence-corrected chi connectivity index (χ0v) is 24.2. The number of fused-ring (bicyclic) bond motifs is 1. The number of allylic oxidation sites excluding steroid dienone is 1. The zero-order valence-electron chi connectivity index (χ0n) is 22.7. The SMILES string of the molecule is CC1=C(C(=O)N2CCN(c3ccc(F)cc3)CC2)C(c2cccc(Cl)c2Cl)n2nc(C)cc2N1CCN(C)C. The standard InChI is InChI=1S/C29H33Cl2FN6O/c1-19-18-25-37(17-12-34(3)4)20(2)26(28(38(25)33-19)23-6-5-7-24(30)27(23)31)29(39)36-15-13-35(14-16-36)22-10-8-21(32)9-11-22/h5-11,18,28H,12-17H2,1-4H3. The molecule has 1 unspecified atom stereocenters. The van der Waals surface area contributed by atoms with E-state index in [-0.39, 0.29) is 11.7 Å². The minimum atomic E-state index is -0.516. The van der Waals surface area contributed by atoms with E-state index in [2.05, 4.69) is 14.7 Å². The van der Waals surface area contributed by atoms with Gasteiger partial charge in [0, 0.05) is 62.3 Å². The predicted molar refractivity (Wildman–Crippen MR) is 155 cm³/mol. The lowest BCUT2D eigenvalue weighted by atomic mass is 9.93. The highest BCUT2D eigenvalue weighted by atomic mass is 35.5. The minimum absolute atomic E-state index is 0.0408. The second-order valence-corrected chi connectivity index (χ2v) is 11.1. The molecule has 5 rings (SSSR count). The van der Waals surface area contributed by atoms with Crippen molar-refractivity contribution in [3.63, 3.8) is 0 Å². The quantitative estimate of drug-likeness (QED) is 0.406. The molecule has 1 saturated heterocycles. The van der Waals surface area contributed by atoms with Crippen molar-refractivity contribution in [3.8, 4) is 0 Å². The molecule has 2 aliphatic rings. The molecular weight excluding hydrogens is 538 g/mol. The molecule has 0 spiro atoms. The molecule has 2 aliphatic heterocycles. The number of piperazine rings is 1. The fraction of sp³-hybridized carbons (Fsp3) is 0.379. The van der Waals surface area contributed by atoms with Gasteiger partial charge in [-0.3, -0.25) is 4.79 Å². The van der Waals surface area contributed by atoms with Crippen molar-refractivity contribution in [2.45, 2.75) is 19.9 Å². The van der Waals surface area contributed by atoms with Crippen molar-refractivity contribution in [3.05, 3.63) is 86.9 Å². The van der Waals surface area contributed by atoms with Crippen molar-refractivity contribution >= 4 is 40.6 Å². The number of carbonyl (C=O) groups is 1. The normalized spacial score (nSPS) is 17.7. The highest BCUT2D eigenvalue weighted by molar-refractivity contribution is 6.42. The van der Waals surface area contributed by atoms with Crippen LogP contribution in [0, 0.1) is 12.7 Å². The highest BCUT2D eigenvalue weighted by Crippen LogP contribution is 2.43. The molecule has 1 fully saturated rings. The molecule has 10 heteroatoms. The Hall–Kier alpha value is -3.07. The molecule has 3 heterocycles. The van der Waals surface area contributed by atoms with Crippen LogP contribution in [0.15, 0.2) is 59.8 Å². The van der Waals surface area contributed by atoms with Crippen LogP contribution in [0.3, 0.4) is 0 Å². The summed E-state index contributed by atoms with van der Waals surface area (Å²) in [7, 11) is 4.07. The molecule has 0 aliphatic carbocycles. The highest BCUT2D eigenvalue weighted by Gasteiger charge is 2.40. The number of anilines is 2. The first kappa shape index (κ1) is 27.5. The van der Waals surface area contributed by atoms with E-state index in [1.807, 2.05) is 55.7 Å². The smallest absolute Gasteiger partial charge is 0.254 e. The molecule has 1 atom stereocenters. The maximum atomic E-state index is 14.4. The molecule has 1 aromatic heterocycles. The Morgan fingerprint density at radius 2 is 1.74 bits per heavy atom. The molecule has 7 nitrogen and oxygen atoms in total. The molecule has 39 heavy (non-hydrogen) atoms. The van der Waals surface area contributed by atoms with Gasteiger partial charge in [0.25, 0.3) is 5.91 Å². The Kier molecular flexibility index (Phi) is 7.89. The Balaban J connectivity index is 1.53. The average molecular weight is 572 g/mol. The van der Waals surface area contributed by atoms with Crippen LogP contribution in [0.2, 0.25) is 10.0 Å². The van der Waals surface area contributed by atoms with Gasteiger partial charge < -0.3 is 19.6 Å². The topological polar surface area (TPSA) is 47.9 Å². The summed E-state index contributed by atoms with van der Waals surface area (Å²) in [6.07, 6.45) is 0. The zero-order chi connectivity index (χ0) is 27.8. The van der Waals surface area contributed by atoms with E-state index in [1.54, 1.807) is 18.2 Å². The van der Waals surface area contributed by atoms with Gasteiger partial charge in [0.15, 0.2) is 0 Å². The summed E-state index contributed by atoms with van der Waals surface area (Å²) in [4.78, 5) is 22.8. The Bertz CT molecular complexity index is 1400. The summed E-state index contributed by atoms with van der Waals surface area (Å²) in [6, 6.07) is 13.6. The Morgan fingerprint density at radius 1 is 1.05 bits per heavy atom. The van der Waals surface area contributed by atoms with Crippen LogP contribution in [0.5, 0.6) is 0 Å². The van der Waals surface area contributed by atoms with Crippen LogP contribution in [0.4, 0.5) is 15.9 Å². The number of hydrogen-bond donors (Lipinski definition) is 0. The third-order valence-electron chi connectivity index (χ3n) is 7.46. The third kappa shape index (κ3) is 5.38. The summed E-state index contributed by atoms with van der Waals surface area (Å²) in [5.74, 6) is 0.622. The average Bonchev–Trinajstić information content (AvgIpc) is 3.30. The molecule has 1 amide bonds. The predicted octanol–water partition coefficient (Wildman–Crippen LogP) is 5.23. The van der Waals surface area contributed by atoms with Gasteiger partial charge >= 0.3 is 0 Å². The molecule has 2 aromatic carbocycles. The van der Waals surface area contributed by atoms with Crippen LogP contribution in [0.1, 0.15) is 24.2 Å². The fourth-order valence-corrected chi connectivity index (χ4v) is 5.81. The number of likely N-dealkylation sites (N-methyl/N-ethyl adjacent to an activating group) is 1. The van der Waals surface area contributed by atoms with Crippen molar-refractivity contribution < 1.29 is 9.18 Å². The molecule has 3 aromatic rings. The van der Waals surface area contributed by atoms with Crippen molar-refractivity contribution in [1.29, 1.82) is 0 Å². The number of nitrogens with zero attached hydrogens (tertiary/aromatic N) is 6. The van der Waals surface area contributed by atoms with E-state index in [9.17, 15) is 9.18 Å². The fourth-order valence-electron chi connectivity index (χ4n) is 5.39. The van der Waals surface area contributed by atoms with Crippen LogP contribution in [-0.4, -0.2) is 78.9 Å². The van der Waals surface area contributed by atoms with Crippen LogP contribution in [0.25, 0.3) is 0 Å². The van der Waals surface area contributed by atoms with Gasteiger partial charge in [0.2, 0.25) is 0 Å². The van der Waals surface area contributed by atoms with Crippen LogP contribution < -0.4 is 9.80 Å². The third-order valence-corrected chi connectivity index (χ3v) is 8.30. The second-order valence-electron chi connectivity index (χ2n) is 10.3. The number of rotatable bonds is 6. The second kappa shape index (κ2) is 11.2. The summed E-state index contributed by atoms with van der Waals surface area (Å²) < 4.78 is 15.3. The number of benzene rings is 2. The van der Waals surface area contributed by atoms with E-state index in [0.717, 1.165) is 35.0 Å². The maximum absolute atomic E-state index is 14.4. The molecule has 0 bridgehead atoms. The van der Waals surface area contributed by atoms with Gasteiger partial charge in [-0.15, -0.1) is 0 Å². The summed E-state index contributed by atoms with van der Waals surface area (Å²) in [5, 5.41) is 5.70. The van der Waals surface area contributed by atoms with Gasteiger partial charge in [-0.25, -0.2) is 9.07 Å². The molecule has 206 valence electrons. The Labute approximate surface area is 239 Å². The van der Waals surface area contributed by atoms with E-state index < -0.39 is 6.04 Å². The first-order chi connectivity index (χ1) is 18.7. The first-order valence-electron chi connectivity index (χ1n) is 13.1. The van der Waals surface area contributed by atoms with E-state index in [4.69, 9.17) is 28.3 Å². The largest absolute Gasteiger partial charge is 0.368 e. The summed E-state index contributed by atoms with van der Waals surface area (Å²) in [5.41, 5.74) is 4.08. The van der Waals surface area contributed by atoms with Gasteiger partial charge in [0.1, 0.15) is 17.7 Å². The minimum Gasteiger partial charge on any atom is -0.368 e.